The van der Waals surface area contributed by atoms with Crippen molar-refractivity contribution in [3.8, 4) is 0 Å². The van der Waals surface area contributed by atoms with E-state index in [1.54, 1.807) is 0 Å². The lowest BCUT2D eigenvalue weighted by molar-refractivity contribution is -0.138. The van der Waals surface area contributed by atoms with E-state index in [0.717, 1.165) is 5.56 Å². The molecule has 72 valence electrons. The Bertz CT molecular complexity index is 258. The second kappa shape index (κ2) is 4.64. The molecule has 0 saturated heterocycles. The van der Waals surface area contributed by atoms with Crippen molar-refractivity contribution in [3.05, 3.63) is 24.0 Å². The predicted molar refractivity (Wildman–Crippen MR) is 48.1 cm³/mol. The number of H-pyrrole nitrogens is 1. The predicted octanol–water partition coefficient (Wildman–Crippen LogP) is -0.484. The number of hydrogen-bond donors (Lipinski definition) is 4. The van der Waals surface area contributed by atoms with Gasteiger partial charge in [-0.25, -0.2) is 0 Å². The van der Waals surface area contributed by atoms with E-state index in [4.69, 9.17) is 10.8 Å². The van der Waals surface area contributed by atoms with E-state index in [1.807, 2.05) is 18.5 Å². The number of carbonyl (C=O) groups is 1. The van der Waals surface area contributed by atoms with Gasteiger partial charge in [0.1, 0.15) is 6.04 Å². The number of aliphatic carboxylic acids is 1. The monoisotopic (exact) mass is 183 g/mol. The number of carboxylic acids is 1. The highest BCUT2D eigenvalue weighted by molar-refractivity contribution is 5.73. The van der Waals surface area contributed by atoms with Crippen LogP contribution in [0.15, 0.2) is 18.5 Å². The van der Waals surface area contributed by atoms with Crippen LogP contribution in [0.1, 0.15) is 5.56 Å². The molecule has 5 heteroatoms. The number of aromatic nitrogens is 1. The Kier molecular flexibility index (Phi) is 3.48. The topological polar surface area (TPSA) is 91.1 Å². The van der Waals surface area contributed by atoms with Crippen molar-refractivity contribution in [1.82, 2.24) is 10.3 Å². The van der Waals surface area contributed by atoms with E-state index in [0.29, 0.717) is 6.54 Å². The van der Waals surface area contributed by atoms with Crippen LogP contribution in [0, 0.1) is 0 Å². The van der Waals surface area contributed by atoms with Crippen molar-refractivity contribution in [2.24, 2.45) is 5.73 Å². The van der Waals surface area contributed by atoms with Crippen molar-refractivity contribution in [1.29, 1.82) is 0 Å². The molecule has 1 rings (SSSR count). The van der Waals surface area contributed by atoms with Gasteiger partial charge in [0, 0.05) is 25.5 Å². The fraction of sp³-hybridized carbons (Fsp3) is 0.375. The summed E-state index contributed by atoms with van der Waals surface area (Å²) >= 11 is 0. The van der Waals surface area contributed by atoms with E-state index in [-0.39, 0.29) is 6.54 Å². The highest BCUT2D eigenvalue weighted by atomic mass is 16.4. The standard InChI is InChI=1S/C8H13N3O2/c9-7(8(12)13)5-11-4-6-1-2-10-3-6/h1-3,7,10-11H,4-5,9H2,(H,12,13). The Morgan fingerprint density at radius 1 is 1.77 bits per heavy atom. The van der Waals surface area contributed by atoms with Crippen LogP contribution in [0.2, 0.25) is 0 Å². The van der Waals surface area contributed by atoms with Gasteiger partial charge in [0.05, 0.1) is 0 Å². The third kappa shape index (κ3) is 3.27. The molecule has 0 aromatic carbocycles. The fourth-order valence-corrected chi connectivity index (χ4v) is 0.928. The summed E-state index contributed by atoms with van der Waals surface area (Å²) in [6.07, 6.45) is 3.66. The number of carboxylic acid groups (broad SMARTS) is 1. The summed E-state index contributed by atoms with van der Waals surface area (Å²) in [7, 11) is 0. The van der Waals surface area contributed by atoms with Crippen LogP contribution in [0.4, 0.5) is 0 Å². The average molecular weight is 183 g/mol. The normalized spacial score (nSPS) is 12.7. The second-order valence-corrected chi connectivity index (χ2v) is 2.79. The SMILES string of the molecule is NC(CNCc1cc[nH]c1)C(=O)O. The quantitative estimate of drug-likeness (QED) is 0.496. The zero-order valence-electron chi connectivity index (χ0n) is 7.16. The van der Waals surface area contributed by atoms with Crippen molar-refractivity contribution in [2.45, 2.75) is 12.6 Å². The third-order valence-corrected chi connectivity index (χ3v) is 1.67. The molecule has 5 N–H and O–H groups in total. The lowest BCUT2D eigenvalue weighted by Crippen LogP contribution is -2.39. The minimum Gasteiger partial charge on any atom is -0.480 e. The number of rotatable bonds is 5. The van der Waals surface area contributed by atoms with Crippen LogP contribution in [0.5, 0.6) is 0 Å². The van der Waals surface area contributed by atoms with Crippen molar-refractivity contribution >= 4 is 5.97 Å². The third-order valence-electron chi connectivity index (χ3n) is 1.67. The number of nitrogens with two attached hydrogens (primary N) is 1. The van der Waals surface area contributed by atoms with Gasteiger partial charge in [0.2, 0.25) is 0 Å². The van der Waals surface area contributed by atoms with Crippen LogP contribution >= 0.6 is 0 Å². The molecular formula is C8H13N3O2. The molecule has 0 spiro atoms. The zero-order chi connectivity index (χ0) is 9.68. The summed E-state index contributed by atoms with van der Waals surface area (Å²) in [5.74, 6) is -0.985. The molecule has 0 amide bonds. The molecule has 0 aliphatic heterocycles. The van der Waals surface area contributed by atoms with Crippen LogP contribution in [0.25, 0.3) is 0 Å². The fourth-order valence-electron chi connectivity index (χ4n) is 0.928. The van der Waals surface area contributed by atoms with Gasteiger partial charge in [-0.3, -0.25) is 4.79 Å². The molecule has 1 heterocycles. The molecule has 5 nitrogen and oxygen atoms in total. The van der Waals surface area contributed by atoms with E-state index >= 15 is 0 Å². The van der Waals surface area contributed by atoms with Gasteiger partial charge in [0.15, 0.2) is 0 Å². The van der Waals surface area contributed by atoms with Gasteiger partial charge in [-0.15, -0.1) is 0 Å². The Labute approximate surface area is 75.9 Å². The molecule has 1 unspecified atom stereocenters. The highest BCUT2D eigenvalue weighted by Crippen LogP contribution is 1.94. The van der Waals surface area contributed by atoms with Crippen LogP contribution < -0.4 is 11.1 Å². The largest absolute Gasteiger partial charge is 0.480 e. The molecule has 0 aliphatic rings. The first-order valence-electron chi connectivity index (χ1n) is 4.01. The van der Waals surface area contributed by atoms with Gasteiger partial charge in [-0.05, 0) is 11.6 Å². The molecule has 0 radical (unpaired) electrons. The van der Waals surface area contributed by atoms with Gasteiger partial charge in [0.25, 0.3) is 0 Å². The summed E-state index contributed by atoms with van der Waals surface area (Å²) in [5, 5.41) is 11.4. The van der Waals surface area contributed by atoms with E-state index < -0.39 is 12.0 Å². The van der Waals surface area contributed by atoms with Crippen LogP contribution in [-0.2, 0) is 11.3 Å². The van der Waals surface area contributed by atoms with Gasteiger partial charge in [-0.2, -0.15) is 0 Å². The molecule has 0 bridgehead atoms. The molecule has 1 aromatic rings. The summed E-state index contributed by atoms with van der Waals surface area (Å²) in [4.78, 5) is 13.2. The number of nitrogens with one attached hydrogen (secondary N) is 2. The second-order valence-electron chi connectivity index (χ2n) is 2.79. The smallest absolute Gasteiger partial charge is 0.321 e. The number of aromatic amines is 1. The van der Waals surface area contributed by atoms with Crippen molar-refractivity contribution in [2.75, 3.05) is 6.54 Å². The summed E-state index contributed by atoms with van der Waals surface area (Å²) in [5.41, 5.74) is 6.37. The molecule has 1 atom stereocenters. The molecule has 1 aromatic heterocycles. The Morgan fingerprint density at radius 2 is 2.54 bits per heavy atom. The van der Waals surface area contributed by atoms with Crippen LogP contribution in [0.3, 0.4) is 0 Å². The first-order valence-corrected chi connectivity index (χ1v) is 4.01. The first kappa shape index (κ1) is 9.76. The van der Waals surface area contributed by atoms with Crippen molar-refractivity contribution in [3.63, 3.8) is 0 Å². The average Bonchev–Trinajstić information content (AvgIpc) is 2.56. The van der Waals surface area contributed by atoms with Crippen LogP contribution in [-0.4, -0.2) is 28.6 Å². The molecule has 0 aliphatic carbocycles. The highest BCUT2D eigenvalue weighted by Gasteiger charge is 2.09. The molecule has 0 fully saturated rings. The number of hydrogen-bond acceptors (Lipinski definition) is 3. The minimum absolute atomic E-state index is 0.278. The van der Waals surface area contributed by atoms with Gasteiger partial charge in [-0.1, -0.05) is 0 Å². The molecule has 0 saturated carbocycles. The Hall–Kier alpha value is -1.33. The Morgan fingerprint density at radius 3 is 3.08 bits per heavy atom. The van der Waals surface area contributed by atoms with Gasteiger partial charge < -0.3 is 21.1 Å². The maximum absolute atomic E-state index is 10.3. The summed E-state index contributed by atoms with van der Waals surface area (Å²) < 4.78 is 0. The minimum atomic E-state index is -0.985. The summed E-state index contributed by atoms with van der Waals surface area (Å²) in [6, 6.07) is 1.08. The van der Waals surface area contributed by atoms with Crippen molar-refractivity contribution < 1.29 is 9.90 Å². The summed E-state index contributed by atoms with van der Waals surface area (Å²) in [6.45, 7) is 0.908. The maximum Gasteiger partial charge on any atom is 0.321 e. The lowest BCUT2D eigenvalue weighted by atomic mass is 10.3. The first-order chi connectivity index (χ1) is 6.20. The molecular weight excluding hydrogens is 170 g/mol. The van der Waals surface area contributed by atoms with E-state index in [2.05, 4.69) is 10.3 Å². The zero-order valence-corrected chi connectivity index (χ0v) is 7.16. The van der Waals surface area contributed by atoms with E-state index in [9.17, 15) is 4.79 Å². The Balaban J connectivity index is 2.18. The van der Waals surface area contributed by atoms with E-state index in [1.165, 1.54) is 0 Å². The van der Waals surface area contributed by atoms with Gasteiger partial charge >= 0.3 is 5.97 Å². The maximum atomic E-state index is 10.3. The lowest BCUT2D eigenvalue weighted by Gasteiger charge is -2.06. The molecule has 13 heavy (non-hydrogen) atoms.